The van der Waals surface area contributed by atoms with Crippen molar-refractivity contribution in [2.45, 2.75) is 19.8 Å². The second-order valence-corrected chi connectivity index (χ2v) is 4.08. The van der Waals surface area contributed by atoms with Gasteiger partial charge >= 0.3 is 0 Å². The lowest BCUT2D eigenvalue weighted by atomic mass is 10.1. The first-order valence-electron chi connectivity index (χ1n) is 4.07. The summed E-state index contributed by atoms with van der Waals surface area (Å²) in [6, 6.07) is 4.65. The molecule has 0 fully saturated rings. The second kappa shape index (κ2) is 4.82. The normalized spacial score (nSPS) is 10.6. The fourth-order valence-electron chi connectivity index (χ4n) is 1.17. The van der Waals surface area contributed by atoms with Crippen molar-refractivity contribution in [3.8, 4) is 0 Å². The van der Waals surface area contributed by atoms with Gasteiger partial charge in [-0.1, -0.05) is 18.2 Å². The summed E-state index contributed by atoms with van der Waals surface area (Å²) in [7, 11) is 0. The number of ketones is 1. The van der Waals surface area contributed by atoms with E-state index in [1.54, 1.807) is 12.1 Å². The summed E-state index contributed by atoms with van der Waals surface area (Å²) in [5.74, 6) is -0.0191. The maximum atomic E-state index is 12.5. The van der Waals surface area contributed by atoms with Crippen LogP contribution in [0.1, 0.15) is 24.5 Å². The molecule has 0 heterocycles. The third kappa shape index (κ3) is 2.73. The summed E-state index contributed by atoms with van der Waals surface area (Å²) >= 11 is 1.86. The molecule has 14 heavy (non-hydrogen) atoms. The van der Waals surface area contributed by atoms with E-state index < -0.39 is 6.43 Å². The van der Waals surface area contributed by atoms with Crippen molar-refractivity contribution < 1.29 is 13.6 Å². The van der Waals surface area contributed by atoms with Crippen LogP contribution in [0.5, 0.6) is 0 Å². The van der Waals surface area contributed by atoms with E-state index in [9.17, 15) is 13.6 Å². The number of carbonyl (C=O) groups excluding carboxylic acids is 1. The van der Waals surface area contributed by atoms with Crippen LogP contribution in [0.25, 0.3) is 0 Å². The van der Waals surface area contributed by atoms with E-state index in [0.717, 1.165) is 0 Å². The Labute approximate surface area is 94.6 Å². The van der Waals surface area contributed by atoms with Gasteiger partial charge in [0, 0.05) is 15.6 Å². The summed E-state index contributed by atoms with van der Waals surface area (Å²) in [6.07, 6.45) is -2.26. The lowest BCUT2D eigenvalue weighted by Crippen LogP contribution is -2.01. The zero-order chi connectivity index (χ0) is 10.7. The molecule has 0 radical (unpaired) electrons. The monoisotopic (exact) mass is 310 g/mol. The number of hydrogen-bond donors (Lipinski definition) is 0. The van der Waals surface area contributed by atoms with Crippen molar-refractivity contribution in [2.75, 3.05) is 0 Å². The van der Waals surface area contributed by atoms with Gasteiger partial charge in [-0.3, -0.25) is 4.79 Å². The van der Waals surface area contributed by atoms with Gasteiger partial charge in [0.05, 0.1) is 0 Å². The Bertz CT molecular complexity index is 350. The van der Waals surface area contributed by atoms with Crippen molar-refractivity contribution in [3.05, 3.63) is 32.9 Å². The standard InChI is InChI=1S/C10H9F2IO/c1-6(14)5-7-3-2-4-8(9(7)13)10(11)12/h2-4,10H,5H2,1H3. The highest BCUT2D eigenvalue weighted by molar-refractivity contribution is 14.1. The summed E-state index contributed by atoms with van der Waals surface area (Å²) in [5, 5.41) is 0. The molecule has 0 aliphatic rings. The van der Waals surface area contributed by atoms with Crippen LogP contribution in [0.2, 0.25) is 0 Å². The van der Waals surface area contributed by atoms with E-state index in [-0.39, 0.29) is 17.8 Å². The minimum Gasteiger partial charge on any atom is -0.300 e. The molecule has 0 spiro atoms. The first-order valence-corrected chi connectivity index (χ1v) is 5.15. The minimum atomic E-state index is -2.48. The number of halogens is 3. The average molecular weight is 310 g/mol. The highest BCUT2D eigenvalue weighted by Crippen LogP contribution is 2.27. The zero-order valence-electron chi connectivity index (χ0n) is 7.56. The number of alkyl halides is 2. The van der Waals surface area contributed by atoms with Crippen molar-refractivity contribution in [1.29, 1.82) is 0 Å². The minimum absolute atomic E-state index is 0.00403. The van der Waals surface area contributed by atoms with E-state index in [0.29, 0.717) is 9.13 Å². The zero-order valence-corrected chi connectivity index (χ0v) is 9.72. The Morgan fingerprint density at radius 2 is 2.14 bits per heavy atom. The van der Waals surface area contributed by atoms with Crippen LogP contribution >= 0.6 is 22.6 Å². The average Bonchev–Trinajstić information content (AvgIpc) is 2.07. The molecule has 0 bridgehead atoms. The molecule has 0 amide bonds. The lowest BCUT2D eigenvalue weighted by Gasteiger charge is -2.07. The van der Waals surface area contributed by atoms with Crippen molar-refractivity contribution in [3.63, 3.8) is 0 Å². The first-order chi connectivity index (χ1) is 6.52. The molecule has 0 N–H and O–H groups in total. The quantitative estimate of drug-likeness (QED) is 0.783. The number of benzene rings is 1. The van der Waals surface area contributed by atoms with Gasteiger partial charge in [-0.05, 0) is 35.1 Å². The van der Waals surface area contributed by atoms with E-state index in [2.05, 4.69) is 0 Å². The number of Topliss-reactive ketones (excluding diaryl/α,β-unsaturated/α-hetero) is 1. The van der Waals surface area contributed by atoms with E-state index in [1.807, 2.05) is 22.6 Å². The van der Waals surface area contributed by atoms with Crippen LogP contribution in [0.15, 0.2) is 18.2 Å². The van der Waals surface area contributed by atoms with Gasteiger partial charge in [-0.15, -0.1) is 0 Å². The molecule has 0 aliphatic carbocycles. The molecule has 0 atom stereocenters. The van der Waals surface area contributed by atoms with Gasteiger partial charge in [-0.25, -0.2) is 8.78 Å². The Balaban J connectivity index is 3.07. The number of carbonyl (C=O) groups is 1. The van der Waals surface area contributed by atoms with Crippen LogP contribution in [-0.2, 0) is 11.2 Å². The van der Waals surface area contributed by atoms with Gasteiger partial charge in [-0.2, -0.15) is 0 Å². The highest BCUT2D eigenvalue weighted by atomic mass is 127. The van der Waals surface area contributed by atoms with Gasteiger partial charge in [0.1, 0.15) is 5.78 Å². The van der Waals surface area contributed by atoms with E-state index in [4.69, 9.17) is 0 Å². The Morgan fingerprint density at radius 3 is 2.64 bits per heavy atom. The van der Waals surface area contributed by atoms with Gasteiger partial charge < -0.3 is 0 Å². The molecule has 0 saturated carbocycles. The predicted molar refractivity (Wildman–Crippen MR) is 58.5 cm³/mol. The first kappa shape index (κ1) is 11.6. The molecule has 1 aromatic rings. The smallest absolute Gasteiger partial charge is 0.264 e. The van der Waals surface area contributed by atoms with Crippen LogP contribution in [0.4, 0.5) is 8.78 Å². The molecule has 0 unspecified atom stereocenters. The number of rotatable bonds is 3. The molecule has 1 nitrogen and oxygen atoms in total. The van der Waals surface area contributed by atoms with E-state index >= 15 is 0 Å². The van der Waals surface area contributed by atoms with Crippen LogP contribution in [0, 0.1) is 3.57 Å². The van der Waals surface area contributed by atoms with Crippen LogP contribution in [0.3, 0.4) is 0 Å². The molecule has 0 aromatic heterocycles. The maximum Gasteiger partial charge on any atom is 0.264 e. The molecular formula is C10H9F2IO. The van der Waals surface area contributed by atoms with Crippen molar-refractivity contribution in [2.24, 2.45) is 0 Å². The molecule has 76 valence electrons. The Hall–Kier alpha value is -0.520. The molecule has 0 saturated heterocycles. The topological polar surface area (TPSA) is 17.1 Å². The van der Waals surface area contributed by atoms with Crippen LogP contribution < -0.4 is 0 Å². The Kier molecular flexibility index (Phi) is 3.97. The lowest BCUT2D eigenvalue weighted by molar-refractivity contribution is -0.116. The fourth-order valence-corrected chi connectivity index (χ4v) is 1.96. The third-order valence-electron chi connectivity index (χ3n) is 1.78. The van der Waals surface area contributed by atoms with Crippen LogP contribution in [-0.4, -0.2) is 5.78 Å². The van der Waals surface area contributed by atoms with Crippen molar-refractivity contribution in [1.82, 2.24) is 0 Å². The van der Waals surface area contributed by atoms with Gasteiger partial charge in [0.25, 0.3) is 6.43 Å². The largest absolute Gasteiger partial charge is 0.300 e. The molecule has 4 heteroatoms. The molecule has 1 rings (SSSR count). The SMILES string of the molecule is CC(=O)Cc1cccc(C(F)F)c1I. The summed E-state index contributed by atoms with van der Waals surface area (Å²) < 4.78 is 25.4. The number of hydrogen-bond acceptors (Lipinski definition) is 1. The summed E-state index contributed by atoms with van der Waals surface area (Å²) in [4.78, 5) is 10.9. The molecule has 1 aromatic carbocycles. The summed E-state index contributed by atoms with van der Waals surface area (Å²) in [6.45, 7) is 1.45. The van der Waals surface area contributed by atoms with E-state index in [1.165, 1.54) is 13.0 Å². The predicted octanol–water partition coefficient (Wildman–Crippen LogP) is 3.36. The fraction of sp³-hybridized carbons (Fsp3) is 0.300. The maximum absolute atomic E-state index is 12.5. The second-order valence-electron chi connectivity index (χ2n) is 3.00. The van der Waals surface area contributed by atoms with Crippen molar-refractivity contribution >= 4 is 28.4 Å². The third-order valence-corrected chi connectivity index (χ3v) is 3.10. The molecule has 0 aliphatic heterocycles. The highest BCUT2D eigenvalue weighted by Gasteiger charge is 2.14. The summed E-state index contributed by atoms with van der Waals surface area (Å²) in [5.41, 5.74) is 0.681. The van der Waals surface area contributed by atoms with Gasteiger partial charge in [0.15, 0.2) is 0 Å². The molecular weight excluding hydrogens is 301 g/mol. The van der Waals surface area contributed by atoms with Gasteiger partial charge in [0.2, 0.25) is 0 Å². The Morgan fingerprint density at radius 1 is 1.50 bits per heavy atom.